The Balaban J connectivity index is 1.03. The predicted octanol–water partition coefficient (Wildman–Crippen LogP) is 15.6. The van der Waals surface area contributed by atoms with Crippen LogP contribution in [0.15, 0.2) is 255 Å². The Morgan fingerprint density at radius 2 is 0.882 bits per heavy atom. The van der Waals surface area contributed by atoms with Gasteiger partial charge in [0, 0.05) is 38.8 Å². The van der Waals surface area contributed by atoms with Gasteiger partial charge in [-0.1, -0.05) is 231 Å². The molecule has 0 amide bonds. The van der Waals surface area contributed by atoms with Gasteiger partial charge in [0.25, 0.3) is 0 Å². The molecule has 68 heavy (non-hydrogen) atoms. The first-order valence-electron chi connectivity index (χ1n) is 23.2. The molecule has 318 valence electrons. The van der Waals surface area contributed by atoms with Crippen molar-refractivity contribution in [3.8, 4) is 78.7 Å². The van der Waals surface area contributed by atoms with E-state index in [4.69, 9.17) is 15.1 Å². The van der Waals surface area contributed by atoms with Crippen molar-refractivity contribution in [3.63, 3.8) is 0 Å². The minimum Gasteiger partial charge on any atom is -0.231 e. The van der Waals surface area contributed by atoms with Crippen LogP contribution in [0.1, 0.15) is 22.3 Å². The van der Waals surface area contributed by atoms with Crippen LogP contribution in [-0.2, 0) is 5.41 Å². The van der Waals surface area contributed by atoms with E-state index in [0.717, 1.165) is 78.0 Å². The van der Waals surface area contributed by atoms with Crippen LogP contribution >= 0.6 is 0 Å². The van der Waals surface area contributed by atoms with Gasteiger partial charge in [0.2, 0.25) is 0 Å². The molecule has 0 atom stereocenters. The van der Waals surface area contributed by atoms with Crippen molar-refractivity contribution < 1.29 is 0 Å². The van der Waals surface area contributed by atoms with Crippen LogP contribution in [0.5, 0.6) is 0 Å². The third kappa shape index (κ3) is 6.34. The van der Waals surface area contributed by atoms with Crippen molar-refractivity contribution >= 4 is 16.3 Å². The van der Waals surface area contributed by atoms with Gasteiger partial charge in [-0.3, -0.25) is 0 Å². The first kappa shape index (κ1) is 39.4. The van der Waals surface area contributed by atoms with Gasteiger partial charge in [0.05, 0.1) is 28.0 Å². The minimum atomic E-state index is -0.535. The maximum atomic E-state index is 5.49. The third-order valence-corrected chi connectivity index (χ3v) is 13.7. The molecule has 0 aliphatic heterocycles. The van der Waals surface area contributed by atoms with Crippen LogP contribution in [0.25, 0.3) is 95.0 Å². The summed E-state index contributed by atoms with van der Waals surface area (Å²) in [5.41, 5.74) is 18.9. The second-order valence-electron chi connectivity index (χ2n) is 17.5. The fourth-order valence-electron chi connectivity index (χ4n) is 10.7. The van der Waals surface area contributed by atoms with E-state index in [1.807, 2.05) is 6.07 Å². The average molecular weight is 867 g/mol. The molecule has 0 saturated heterocycles. The maximum absolute atomic E-state index is 5.49. The zero-order valence-electron chi connectivity index (χ0n) is 37.0. The largest absolute Gasteiger partial charge is 0.231 e. The van der Waals surface area contributed by atoms with Crippen molar-refractivity contribution in [2.45, 2.75) is 5.41 Å². The fourth-order valence-corrected chi connectivity index (χ4v) is 10.7. The Labute approximate surface area is 395 Å². The molecular weight excluding hydrogens is 825 g/mol. The summed E-state index contributed by atoms with van der Waals surface area (Å²) in [6.45, 7) is 0. The molecule has 1 aliphatic rings. The molecule has 4 nitrogen and oxygen atoms in total. The first-order chi connectivity index (χ1) is 33.7. The van der Waals surface area contributed by atoms with Crippen molar-refractivity contribution in [1.82, 2.24) is 19.6 Å². The standard InChI is InChI=1S/C64H42N4/c1-6-21-43(22-7-1)59-41-46-27-16-17-34-52(46)62-60(61(67-68(59)62)44-23-8-2-9-24-44)49-29-20-28-47(39-49)57-42-58(66-63(65-57)45-25-10-3-11-26-45)48-37-38-54-53-35-18-19-36-55(53)64(56(54)40-48,50-30-12-4-13-31-50)51-32-14-5-15-33-51/h1-42H. The molecule has 0 bridgehead atoms. The topological polar surface area (TPSA) is 43.1 Å². The van der Waals surface area contributed by atoms with Crippen LogP contribution in [0.2, 0.25) is 0 Å². The number of nitrogens with zero attached hydrogens (tertiary/aromatic N) is 4. The Hall–Kier alpha value is -8.99. The van der Waals surface area contributed by atoms with E-state index in [-0.39, 0.29) is 0 Å². The van der Waals surface area contributed by atoms with Gasteiger partial charge in [-0.25, -0.2) is 14.5 Å². The van der Waals surface area contributed by atoms with Gasteiger partial charge in [0.1, 0.15) is 5.69 Å². The van der Waals surface area contributed by atoms with Crippen molar-refractivity contribution in [2.24, 2.45) is 0 Å². The van der Waals surface area contributed by atoms with Crippen molar-refractivity contribution in [3.05, 3.63) is 277 Å². The Morgan fingerprint density at radius 1 is 0.353 bits per heavy atom. The molecule has 0 spiro atoms. The summed E-state index contributed by atoms with van der Waals surface area (Å²) >= 11 is 0. The van der Waals surface area contributed by atoms with E-state index in [0.29, 0.717) is 5.82 Å². The van der Waals surface area contributed by atoms with Crippen molar-refractivity contribution in [2.75, 3.05) is 0 Å². The molecule has 1 aliphatic carbocycles. The van der Waals surface area contributed by atoms with E-state index in [9.17, 15) is 0 Å². The maximum Gasteiger partial charge on any atom is 0.160 e. The summed E-state index contributed by atoms with van der Waals surface area (Å²) in [7, 11) is 0. The second kappa shape index (κ2) is 16.2. The summed E-state index contributed by atoms with van der Waals surface area (Å²) in [5, 5.41) is 7.78. The first-order valence-corrected chi connectivity index (χ1v) is 23.2. The van der Waals surface area contributed by atoms with Crippen LogP contribution < -0.4 is 0 Å². The lowest BCUT2D eigenvalue weighted by atomic mass is 9.67. The lowest BCUT2D eigenvalue weighted by molar-refractivity contribution is 0.768. The van der Waals surface area contributed by atoms with Crippen molar-refractivity contribution in [1.29, 1.82) is 0 Å². The number of hydrogen-bond acceptors (Lipinski definition) is 3. The number of hydrogen-bond donors (Lipinski definition) is 0. The normalized spacial score (nSPS) is 12.5. The lowest BCUT2D eigenvalue weighted by Gasteiger charge is -2.34. The van der Waals surface area contributed by atoms with E-state index in [1.54, 1.807) is 0 Å². The molecule has 0 N–H and O–H groups in total. The quantitative estimate of drug-likeness (QED) is 0.153. The molecule has 13 rings (SSSR count). The molecule has 4 heteroatoms. The highest BCUT2D eigenvalue weighted by Gasteiger charge is 2.46. The number of fused-ring (bicyclic) bond motifs is 6. The zero-order valence-corrected chi connectivity index (χ0v) is 37.0. The summed E-state index contributed by atoms with van der Waals surface area (Å²) < 4.78 is 2.15. The molecule has 3 aromatic heterocycles. The van der Waals surface area contributed by atoms with Gasteiger partial charge in [-0.15, -0.1) is 0 Å². The molecule has 9 aromatic carbocycles. The predicted molar refractivity (Wildman–Crippen MR) is 278 cm³/mol. The number of benzene rings is 9. The molecular formula is C64H42N4. The van der Waals surface area contributed by atoms with Gasteiger partial charge < -0.3 is 0 Å². The number of pyridine rings is 1. The smallest absolute Gasteiger partial charge is 0.160 e. The Morgan fingerprint density at radius 3 is 1.57 bits per heavy atom. The van der Waals surface area contributed by atoms with Gasteiger partial charge in [-0.2, -0.15) is 5.10 Å². The van der Waals surface area contributed by atoms with Gasteiger partial charge >= 0.3 is 0 Å². The van der Waals surface area contributed by atoms with E-state index in [1.165, 1.54) is 33.4 Å². The van der Waals surface area contributed by atoms with Gasteiger partial charge in [-0.05, 0) is 68.6 Å². The second-order valence-corrected chi connectivity index (χ2v) is 17.5. The fraction of sp³-hybridized carbons (Fsp3) is 0.0156. The Bertz CT molecular complexity index is 3790. The third-order valence-electron chi connectivity index (χ3n) is 13.7. The number of rotatable bonds is 8. The monoisotopic (exact) mass is 866 g/mol. The Kier molecular flexibility index (Phi) is 9.36. The van der Waals surface area contributed by atoms with Crippen LogP contribution in [0.4, 0.5) is 0 Å². The van der Waals surface area contributed by atoms with Crippen LogP contribution in [-0.4, -0.2) is 19.6 Å². The highest BCUT2D eigenvalue weighted by atomic mass is 15.2. The molecule has 0 fully saturated rings. The lowest BCUT2D eigenvalue weighted by Crippen LogP contribution is -2.28. The van der Waals surface area contributed by atoms with E-state index < -0.39 is 5.41 Å². The highest BCUT2D eigenvalue weighted by Crippen LogP contribution is 2.56. The summed E-state index contributed by atoms with van der Waals surface area (Å²) in [6, 6.07) is 91.0. The minimum absolute atomic E-state index is 0.535. The summed E-state index contributed by atoms with van der Waals surface area (Å²) in [5.74, 6) is 0.670. The van der Waals surface area contributed by atoms with E-state index in [2.05, 4.69) is 253 Å². The van der Waals surface area contributed by atoms with Gasteiger partial charge in [0.15, 0.2) is 5.82 Å². The summed E-state index contributed by atoms with van der Waals surface area (Å²) in [6.07, 6.45) is 0. The summed E-state index contributed by atoms with van der Waals surface area (Å²) in [4.78, 5) is 10.7. The molecule has 12 aromatic rings. The number of aromatic nitrogens is 4. The highest BCUT2D eigenvalue weighted by molar-refractivity contribution is 6.09. The molecule has 3 heterocycles. The molecule has 0 radical (unpaired) electrons. The zero-order chi connectivity index (χ0) is 45.0. The van der Waals surface area contributed by atoms with Crippen LogP contribution in [0.3, 0.4) is 0 Å². The SMILES string of the molecule is c1ccc(-c2nc(-c3cccc(-c4c(-c5ccccc5)nn5c(-c6ccccc6)cc6ccccc6c45)c3)cc(-c3ccc4c(c3)C(c3ccccc3)(c3ccccc3)c3ccccc3-4)n2)cc1. The molecule has 0 unspecified atom stereocenters. The van der Waals surface area contributed by atoms with Crippen LogP contribution in [0, 0.1) is 0 Å². The average Bonchev–Trinajstić information content (AvgIpc) is 3.97. The van der Waals surface area contributed by atoms with E-state index >= 15 is 0 Å². The molecule has 0 saturated carbocycles.